The van der Waals surface area contributed by atoms with Gasteiger partial charge in [-0.2, -0.15) is 0 Å². The lowest BCUT2D eigenvalue weighted by molar-refractivity contribution is 0.133. The Hall–Kier alpha value is -0.0100. The second-order valence-corrected chi connectivity index (χ2v) is 3.77. The SMILES string of the molecule is CC(COS(=O)[O-])N1CCNCC1. The average Bonchev–Trinajstić information content (AvgIpc) is 2.15. The van der Waals surface area contributed by atoms with Gasteiger partial charge in [-0.15, -0.1) is 0 Å². The number of rotatable bonds is 4. The molecule has 2 unspecified atom stereocenters. The number of hydrogen-bond acceptors (Lipinski definition) is 5. The molecule has 0 aliphatic carbocycles. The van der Waals surface area contributed by atoms with Gasteiger partial charge in [0, 0.05) is 32.2 Å². The fraction of sp³-hybridized carbons (Fsp3) is 1.00. The summed E-state index contributed by atoms with van der Waals surface area (Å²) in [4.78, 5) is 2.21. The Labute approximate surface area is 80.9 Å². The predicted octanol–water partition coefficient (Wildman–Crippen LogP) is -0.909. The average molecular weight is 207 g/mol. The largest absolute Gasteiger partial charge is 0.750 e. The Bertz CT molecular complexity index is 173. The zero-order chi connectivity index (χ0) is 9.68. The second-order valence-electron chi connectivity index (χ2n) is 3.12. The minimum absolute atomic E-state index is 0.167. The summed E-state index contributed by atoms with van der Waals surface area (Å²) in [5, 5.41) is 3.23. The van der Waals surface area contributed by atoms with Crippen LogP contribution in [0.1, 0.15) is 6.92 Å². The lowest BCUT2D eigenvalue weighted by atomic mass is 10.2. The van der Waals surface area contributed by atoms with E-state index in [1.807, 2.05) is 6.92 Å². The summed E-state index contributed by atoms with van der Waals surface area (Å²) in [6.07, 6.45) is 0. The highest BCUT2D eigenvalue weighted by molar-refractivity contribution is 7.74. The molecule has 0 radical (unpaired) electrons. The molecule has 5 nitrogen and oxygen atoms in total. The Kier molecular flexibility index (Phi) is 4.82. The first-order valence-corrected chi connectivity index (χ1v) is 5.37. The van der Waals surface area contributed by atoms with Crippen molar-refractivity contribution in [3.8, 4) is 0 Å². The van der Waals surface area contributed by atoms with Crippen molar-refractivity contribution in [1.29, 1.82) is 0 Å². The maximum absolute atomic E-state index is 10.1. The maximum atomic E-state index is 10.1. The molecule has 0 spiro atoms. The zero-order valence-electron chi connectivity index (χ0n) is 7.69. The molecule has 1 heterocycles. The van der Waals surface area contributed by atoms with Crippen LogP contribution >= 0.6 is 0 Å². The molecule has 1 aliphatic rings. The molecule has 1 saturated heterocycles. The van der Waals surface area contributed by atoms with Crippen LogP contribution in [-0.2, 0) is 15.5 Å². The summed E-state index contributed by atoms with van der Waals surface area (Å²) in [5.74, 6) is 0. The summed E-state index contributed by atoms with van der Waals surface area (Å²) in [5.41, 5.74) is 0. The Morgan fingerprint density at radius 2 is 2.23 bits per heavy atom. The van der Waals surface area contributed by atoms with E-state index < -0.39 is 11.4 Å². The van der Waals surface area contributed by atoms with Crippen LogP contribution in [0, 0.1) is 0 Å². The van der Waals surface area contributed by atoms with Gasteiger partial charge in [0.05, 0.1) is 18.0 Å². The van der Waals surface area contributed by atoms with Gasteiger partial charge in [-0.25, -0.2) is 4.21 Å². The van der Waals surface area contributed by atoms with E-state index in [-0.39, 0.29) is 12.6 Å². The summed E-state index contributed by atoms with van der Waals surface area (Å²) >= 11 is -2.38. The number of piperazine rings is 1. The van der Waals surface area contributed by atoms with Crippen molar-refractivity contribution in [3.63, 3.8) is 0 Å². The van der Waals surface area contributed by atoms with Gasteiger partial charge in [0.25, 0.3) is 0 Å². The van der Waals surface area contributed by atoms with Crippen molar-refractivity contribution < 1.29 is 12.9 Å². The monoisotopic (exact) mass is 207 g/mol. The highest BCUT2D eigenvalue weighted by Gasteiger charge is 2.16. The van der Waals surface area contributed by atoms with E-state index in [1.54, 1.807) is 0 Å². The lowest BCUT2D eigenvalue weighted by Crippen LogP contribution is -2.48. The highest BCUT2D eigenvalue weighted by Crippen LogP contribution is 2.01. The Balaban J connectivity index is 2.20. The van der Waals surface area contributed by atoms with Crippen LogP contribution in [0.15, 0.2) is 0 Å². The van der Waals surface area contributed by atoms with Gasteiger partial charge in [0.15, 0.2) is 0 Å². The van der Waals surface area contributed by atoms with Crippen molar-refractivity contribution in [2.75, 3.05) is 32.8 Å². The van der Waals surface area contributed by atoms with E-state index >= 15 is 0 Å². The zero-order valence-corrected chi connectivity index (χ0v) is 8.51. The molecule has 1 fully saturated rings. The van der Waals surface area contributed by atoms with Crippen molar-refractivity contribution in [2.24, 2.45) is 0 Å². The lowest BCUT2D eigenvalue weighted by Gasteiger charge is -2.32. The third-order valence-corrected chi connectivity index (χ3v) is 2.51. The van der Waals surface area contributed by atoms with E-state index in [1.165, 1.54) is 0 Å². The number of nitrogens with zero attached hydrogens (tertiary/aromatic N) is 1. The van der Waals surface area contributed by atoms with Crippen molar-refractivity contribution in [3.05, 3.63) is 0 Å². The van der Waals surface area contributed by atoms with Crippen molar-refractivity contribution in [1.82, 2.24) is 10.2 Å². The van der Waals surface area contributed by atoms with Crippen molar-refractivity contribution >= 4 is 11.4 Å². The molecule has 0 aromatic rings. The molecular formula is C7H15N2O3S-. The normalized spacial score (nSPS) is 24.2. The summed E-state index contributed by atoms with van der Waals surface area (Å²) in [6, 6.07) is 0.167. The van der Waals surface area contributed by atoms with E-state index in [0.717, 1.165) is 26.2 Å². The standard InChI is InChI=1S/C7H16N2O3S/c1-7(6-12-13(10)11)9-4-2-8-3-5-9/h7-8H,2-6H2,1H3,(H,10,11)/p-1. The van der Waals surface area contributed by atoms with Gasteiger partial charge < -0.3 is 9.87 Å². The van der Waals surface area contributed by atoms with Crippen LogP contribution in [0.4, 0.5) is 0 Å². The quantitative estimate of drug-likeness (QED) is 0.605. The summed E-state index contributed by atoms with van der Waals surface area (Å²) in [6.45, 7) is 6.05. The smallest absolute Gasteiger partial charge is 0.0842 e. The molecule has 1 aliphatic heterocycles. The topological polar surface area (TPSA) is 64.6 Å². The maximum Gasteiger partial charge on any atom is 0.0842 e. The van der Waals surface area contributed by atoms with Crippen LogP contribution in [0.3, 0.4) is 0 Å². The second kappa shape index (κ2) is 5.66. The van der Waals surface area contributed by atoms with E-state index in [9.17, 15) is 8.76 Å². The van der Waals surface area contributed by atoms with Crippen LogP contribution in [0.25, 0.3) is 0 Å². The van der Waals surface area contributed by atoms with Gasteiger partial charge in [-0.1, -0.05) is 0 Å². The van der Waals surface area contributed by atoms with E-state index in [2.05, 4.69) is 14.4 Å². The first kappa shape index (κ1) is 11.1. The minimum Gasteiger partial charge on any atom is -0.750 e. The van der Waals surface area contributed by atoms with Crippen LogP contribution in [-0.4, -0.2) is 52.5 Å². The molecule has 0 aromatic carbocycles. The molecule has 0 bridgehead atoms. The third kappa shape index (κ3) is 4.15. The molecule has 78 valence electrons. The third-order valence-electron chi connectivity index (χ3n) is 2.18. The van der Waals surface area contributed by atoms with Gasteiger partial charge >= 0.3 is 0 Å². The Morgan fingerprint density at radius 3 is 2.77 bits per heavy atom. The van der Waals surface area contributed by atoms with Gasteiger partial charge in [-0.3, -0.25) is 9.08 Å². The highest BCUT2D eigenvalue weighted by atomic mass is 32.2. The number of hydrogen-bond donors (Lipinski definition) is 1. The fourth-order valence-electron chi connectivity index (χ4n) is 1.38. The first-order chi connectivity index (χ1) is 6.20. The van der Waals surface area contributed by atoms with E-state index in [0.29, 0.717) is 0 Å². The van der Waals surface area contributed by atoms with Gasteiger partial charge in [-0.05, 0) is 6.92 Å². The molecule has 0 amide bonds. The molecule has 13 heavy (non-hydrogen) atoms. The number of nitrogens with one attached hydrogen (secondary N) is 1. The molecule has 2 atom stereocenters. The molecular weight excluding hydrogens is 192 g/mol. The van der Waals surface area contributed by atoms with Crippen LogP contribution in [0.2, 0.25) is 0 Å². The fourth-order valence-corrected chi connectivity index (χ4v) is 1.69. The summed E-state index contributed by atoms with van der Waals surface area (Å²) in [7, 11) is 0. The van der Waals surface area contributed by atoms with Gasteiger partial charge in [0.2, 0.25) is 0 Å². The molecule has 6 heteroatoms. The first-order valence-electron chi connectivity index (χ1n) is 4.37. The molecule has 1 N–H and O–H groups in total. The molecule has 0 aromatic heterocycles. The van der Waals surface area contributed by atoms with Gasteiger partial charge in [0.1, 0.15) is 0 Å². The predicted molar refractivity (Wildman–Crippen MR) is 48.8 cm³/mol. The Morgan fingerprint density at radius 1 is 1.62 bits per heavy atom. The van der Waals surface area contributed by atoms with Crippen LogP contribution < -0.4 is 5.32 Å². The van der Waals surface area contributed by atoms with E-state index in [4.69, 9.17) is 0 Å². The summed E-state index contributed by atoms with van der Waals surface area (Å²) < 4.78 is 24.8. The van der Waals surface area contributed by atoms with Crippen molar-refractivity contribution in [2.45, 2.75) is 13.0 Å². The minimum atomic E-state index is -2.38. The van der Waals surface area contributed by atoms with Crippen LogP contribution in [0.5, 0.6) is 0 Å². The molecule has 1 rings (SSSR count). The molecule has 0 saturated carbocycles.